The average molecular weight is 316 g/mol. The van der Waals surface area contributed by atoms with Gasteiger partial charge in [0.2, 0.25) is 5.91 Å². The second-order valence-electron chi connectivity index (χ2n) is 4.80. The van der Waals surface area contributed by atoms with Crippen molar-refractivity contribution in [2.24, 2.45) is 0 Å². The van der Waals surface area contributed by atoms with Gasteiger partial charge in [0.1, 0.15) is 5.82 Å². The lowest BCUT2D eigenvalue weighted by atomic mass is 10.2. The highest BCUT2D eigenvalue weighted by Crippen LogP contribution is 2.12. The van der Waals surface area contributed by atoms with E-state index < -0.39 is 5.97 Å². The average Bonchev–Trinajstić information content (AvgIpc) is 2.56. The number of carbonyl (C=O) groups is 2. The number of halogens is 1. The van der Waals surface area contributed by atoms with E-state index in [0.717, 1.165) is 5.69 Å². The van der Waals surface area contributed by atoms with Crippen LogP contribution in [0.1, 0.15) is 16.8 Å². The standard InChI is InChI=1S/C17H17FN2O3/c1-23-17(22)12-3-2-4-15(11-12)19-10-9-16(21)20-14-7-5-13(18)6-8-14/h2-8,11,19H,9-10H2,1H3,(H,20,21). The fourth-order valence-corrected chi connectivity index (χ4v) is 1.95. The number of esters is 1. The minimum Gasteiger partial charge on any atom is -0.465 e. The fraction of sp³-hybridized carbons (Fsp3) is 0.176. The first-order chi connectivity index (χ1) is 11.1. The van der Waals surface area contributed by atoms with E-state index in [-0.39, 0.29) is 18.1 Å². The van der Waals surface area contributed by atoms with Crippen LogP contribution in [-0.2, 0) is 9.53 Å². The molecule has 0 saturated carbocycles. The summed E-state index contributed by atoms with van der Waals surface area (Å²) in [7, 11) is 1.32. The minimum absolute atomic E-state index is 0.187. The monoisotopic (exact) mass is 316 g/mol. The fourth-order valence-electron chi connectivity index (χ4n) is 1.95. The molecule has 23 heavy (non-hydrogen) atoms. The summed E-state index contributed by atoms with van der Waals surface area (Å²) in [5.74, 6) is -0.953. The van der Waals surface area contributed by atoms with Crippen molar-refractivity contribution in [1.29, 1.82) is 0 Å². The lowest BCUT2D eigenvalue weighted by Gasteiger charge is -2.08. The summed E-state index contributed by atoms with van der Waals surface area (Å²) < 4.78 is 17.4. The molecule has 1 amide bonds. The summed E-state index contributed by atoms with van der Waals surface area (Å²) in [5.41, 5.74) is 1.71. The van der Waals surface area contributed by atoms with Gasteiger partial charge in [0.25, 0.3) is 0 Å². The van der Waals surface area contributed by atoms with Crippen LogP contribution in [0.15, 0.2) is 48.5 Å². The highest BCUT2D eigenvalue weighted by molar-refractivity contribution is 5.91. The topological polar surface area (TPSA) is 67.4 Å². The van der Waals surface area contributed by atoms with Gasteiger partial charge in [-0.25, -0.2) is 9.18 Å². The Morgan fingerprint density at radius 3 is 2.52 bits per heavy atom. The molecule has 2 aromatic carbocycles. The van der Waals surface area contributed by atoms with Crippen LogP contribution in [-0.4, -0.2) is 25.5 Å². The summed E-state index contributed by atoms with van der Waals surface area (Å²) in [6.07, 6.45) is 0.236. The number of methoxy groups -OCH3 is 1. The van der Waals surface area contributed by atoms with Crippen molar-refractivity contribution in [1.82, 2.24) is 0 Å². The van der Waals surface area contributed by atoms with E-state index in [4.69, 9.17) is 0 Å². The maximum atomic E-state index is 12.8. The molecule has 0 unspecified atom stereocenters. The van der Waals surface area contributed by atoms with Gasteiger partial charge in [-0.15, -0.1) is 0 Å². The molecule has 0 atom stereocenters. The third-order valence-electron chi connectivity index (χ3n) is 3.09. The molecule has 5 nitrogen and oxygen atoms in total. The number of carbonyl (C=O) groups excluding carboxylic acids is 2. The number of hydrogen-bond donors (Lipinski definition) is 2. The summed E-state index contributed by atoms with van der Waals surface area (Å²) in [5, 5.41) is 5.74. The molecule has 0 bridgehead atoms. The first-order valence-corrected chi connectivity index (χ1v) is 7.06. The molecule has 2 aromatic rings. The van der Waals surface area contributed by atoms with E-state index in [9.17, 15) is 14.0 Å². The molecular formula is C17H17FN2O3. The van der Waals surface area contributed by atoms with Crippen LogP contribution in [0, 0.1) is 5.82 Å². The van der Waals surface area contributed by atoms with Crippen LogP contribution in [0.5, 0.6) is 0 Å². The molecule has 0 aliphatic rings. The Kier molecular flexibility index (Phi) is 5.68. The largest absolute Gasteiger partial charge is 0.465 e. The van der Waals surface area contributed by atoms with Crippen molar-refractivity contribution in [3.05, 3.63) is 59.9 Å². The molecule has 0 aliphatic carbocycles. The van der Waals surface area contributed by atoms with Crippen LogP contribution in [0.2, 0.25) is 0 Å². The Hall–Kier alpha value is -2.89. The van der Waals surface area contributed by atoms with Crippen molar-refractivity contribution in [3.8, 4) is 0 Å². The Labute approximate surface area is 133 Å². The molecular weight excluding hydrogens is 299 g/mol. The smallest absolute Gasteiger partial charge is 0.337 e. The minimum atomic E-state index is -0.414. The Balaban J connectivity index is 1.81. The van der Waals surface area contributed by atoms with Gasteiger partial charge in [0.05, 0.1) is 12.7 Å². The van der Waals surface area contributed by atoms with Crippen molar-refractivity contribution in [2.45, 2.75) is 6.42 Å². The Morgan fingerprint density at radius 1 is 1.09 bits per heavy atom. The molecule has 0 heterocycles. The first kappa shape index (κ1) is 16.5. The van der Waals surface area contributed by atoms with Crippen LogP contribution in [0.3, 0.4) is 0 Å². The van der Waals surface area contributed by atoms with Crippen LogP contribution >= 0.6 is 0 Å². The molecule has 0 radical (unpaired) electrons. The third kappa shape index (κ3) is 5.10. The van der Waals surface area contributed by atoms with Crippen molar-refractivity contribution in [3.63, 3.8) is 0 Å². The Bertz CT molecular complexity index is 686. The van der Waals surface area contributed by atoms with Crippen molar-refractivity contribution >= 4 is 23.3 Å². The SMILES string of the molecule is COC(=O)c1cccc(NCCC(=O)Nc2ccc(F)cc2)c1. The van der Waals surface area contributed by atoms with Gasteiger partial charge in [-0.1, -0.05) is 6.07 Å². The predicted octanol–water partition coefficient (Wildman–Crippen LogP) is 3.05. The molecule has 120 valence electrons. The van der Waals surface area contributed by atoms with E-state index in [0.29, 0.717) is 17.8 Å². The number of benzene rings is 2. The number of ether oxygens (including phenoxy) is 1. The summed E-state index contributed by atoms with van der Waals surface area (Å²) in [6.45, 7) is 0.400. The first-order valence-electron chi connectivity index (χ1n) is 7.06. The highest BCUT2D eigenvalue weighted by atomic mass is 19.1. The molecule has 0 fully saturated rings. The zero-order valence-corrected chi connectivity index (χ0v) is 12.6. The summed E-state index contributed by atoms with van der Waals surface area (Å²) >= 11 is 0. The third-order valence-corrected chi connectivity index (χ3v) is 3.09. The summed E-state index contributed by atoms with van der Waals surface area (Å²) in [6, 6.07) is 12.4. The van der Waals surface area contributed by atoms with Crippen molar-refractivity contribution < 1.29 is 18.7 Å². The lowest BCUT2D eigenvalue weighted by Crippen LogP contribution is -2.16. The van der Waals surface area contributed by atoms with Gasteiger partial charge in [-0.2, -0.15) is 0 Å². The van der Waals surface area contributed by atoms with Gasteiger partial charge in [0, 0.05) is 24.3 Å². The van der Waals surface area contributed by atoms with Gasteiger partial charge in [0.15, 0.2) is 0 Å². The Morgan fingerprint density at radius 2 is 1.83 bits per heavy atom. The van der Waals surface area contributed by atoms with Crippen LogP contribution in [0.4, 0.5) is 15.8 Å². The zero-order chi connectivity index (χ0) is 16.7. The van der Waals surface area contributed by atoms with E-state index in [2.05, 4.69) is 15.4 Å². The number of anilines is 2. The molecule has 2 rings (SSSR count). The lowest BCUT2D eigenvalue weighted by molar-refractivity contribution is -0.115. The normalized spacial score (nSPS) is 10.0. The second kappa shape index (κ2) is 7.93. The van der Waals surface area contributed by atoms with E-state index >= 15 is 0 Å². The number of nitrogens with one attached hydrogen (secondary N) is 2. The van der Waals surface area contributed by atoms with Crippen LogP contribution < -0.4 is 10.6 Å². The number of amides is 1. The quantitative estimate of drug-likeness (QED) is 0.804. The molecule has 6 heteroatoms. The van der Waals surface area contributed by atoms with Crippen LogP contribution in [0.25, 0.3) is 0 Å². The van der Waals surface area contributed by atoms with E-state index in [1.165, 1.54) is 31.4 Å². The second-order valence-corrected chi connectivity index (χ2v) is 4.80. The van der Waals surface area contributed by atoms with Gasteiger partial charge in [-0.05, 0) is 42.5 Å². The molecule has 0 spiro atoms. The number of hydrogen-bond acceptors (Lipinski definition) is 4. The molecule has 0 aromatic heterocycles. The molecule has 0 aliphatic heterocycles. The van der Waals surface area contributed by atoms with Gasteiger partial charge < -0.3 is 15.4 Å². The maximum absolute atomic E-state index is 12.8. The maximum Gasteiger partial charge on any atom is 0.337 e. The molecule has 0 saturated heterocycles. The van der Waals surface area contributed by atoms with Crippen molar-refractivity contribution in [2.75, 3.05) is 24.3 Å². The highest BCUT2D eigenvalue weighted by Gasteiger charge is 2.06. The van der Waals surface area contributed by atoms with E-state index in [1.54, 1.807) is 24.3 Å². The van der Waals surface area contributed by atoms with Gasteiger partial charge >= 0.3 is 5.97 Å². The van der Waals surface area contributed by atoms with E-state index in [1.807, 2.05) is 0 Å². The predicted molar refractivity (Wildman–Crippen MR) is 85.9 cm³/mol. The molecule has 2 N–H and O–H groups in total. The summed E-state index contributed by atoms with van der Waals surface area (Å²) in [4.78, 5) is 23.2. The zero-order valence-electron chi connectivity index (χ0n) is 12.6. The van der Waals surface area contributed by atoms with Gasteiger partial charge in [-0.3, -0.25) is 4.79 Å². The number of rotatable bonds is 6.